The van der Waals surface area contributed by atoms with E-state index in [2.05, 4.69) is 97.1 Å². The summed E-state index contributed by atoms with van der Waals surface area (Å²) in [5, 5.41) is 5.30. The molecule has 0 saturated carbocycles. The fourth-order valence-electron chi connectivity index (χ4n) is 3.15. The maximum absolute atomic E-state index is 2.20. The number of hydrogen-bond donors (Lipinski definition) is 0. The van der Waals surface area contributed by atoms with Gasteiger partial charge in [-0.1, -0.05) is 97.1 Å². The number of allylic oxidation sites excluding steroid dienone is 1. The molecule has 0 heterocycles. The van der Waals surface area contributed by atoms with Crippen molar-refractivity contribution in [2.24, 2.45) is 0 Å². The molecular weight excluding hydrogens is 276 g/mol. The first-order valence-electron chi connectivity index (χ1n) is 8.03. The van der Waals surface area contributed by atoms with E-state index < -0.39 is 0 Å². The van der Waals surface area contributed by atoms with Gasteiger partial charge >= 0.3 is 0 Å². The minimum atomic E-state index is 1.12. The molecule has 0 nitrogen and oxygen atoms in total. The highest BCUT2D eigenvalue weighted by atomic mass is 14.1. The minimum Gasteiger partial charge on any atom is -0.0795 e. The fourth-order valence-corrected chi connectivity index (χ4v) is 3.15. The van der Waals surface area contributed by atoms with Gasteiger partial charge in [0.05, 0.1) is 0 Å². The van der Waals surface area contributed by atoms with Crippen molar-refractivity contribution in [1.82, 2.24) is 0 Å². The molecule has 0 aromatic heterocycles. The molecular formula is C23H18. The SMILES string of the molecule is C1=Cc2ccccc2C1.c1ccc2c(c1)ccc1ccccc12. The summed E-state index contributed by atoms with van der Waals surface area (Å²) < 4.78 is 0. The Hall–Kier alpha value is -2.86. The van der Waals surface area contributed by atoms with Crippen LogP contribution in [0.5, 0.6) is 0 Å². The molecule has 0 N–H and O–H groups in total. The van der Waals surface area contributed by atoms with E-state index in [-0.39, 0.29) is 0 Å². The molecule has 1 aliphatic rings. The van der Waals surface area contributed by atoms with Crippen LogP contribution >= 0.6 is 0 Å². The summed E-state index contributed by atoms with van der Waals surface area (Å²) in [5.41, 5.74) is 2.84. The van der Waals surface area contributed by atoms with Crippen LogP contribution in [0.3, 0.4) is 0 Å². The molecule has 4 aromatic carbocycles. The first-order chi connectivity index (χ1) is 11.4. The van der Waals surface area contributed by atoms with E-state index in [0.717, 1.165) is 6.42 Å². The second-order valence-corrected chi connectivity index (χ2v) is 5.81. The van der Waals surface area contributed by atoms with Crippen LogP contribution < -0.4 is 0 Å². The zero-order chi connectivity index (χ0) is 15.5. The second-order valence-electron chi connectivity index (χ2n) is 5.81. The van der Waals surface area contributed by atoms with Gasteiger partial charge in [0, 0.05) is 0 Å². The molecule has 23 heavy (non-hydrogen) atoms. The Morgan fingerprint density at radius 3 is 1.74 bits per heavy atom. The molecule has 0 spiro atoms. The van der Waals surface area contributed by atoms with Crippen LogP contribution in [0.1, 0.15) is 11.1 Å². The smallest absolute Gasteiger partial charge is 0.00882 e. The van der Waals surface area contributed by atoms with Crippen molar-refractivity contribution in [3.63, 3.8) is 0 Å². The van der Waals surface area contributed by atoms with E-state index in [1.165, 1.54) is 32.7 Å². The predicted molar refractivity (Wildman–Crippen MR) is 101 cm³/mol. The Bertz CT molecular complexity index is 938. The Balaban J connectivity index is 0.000000130. The molecule has 0 saturated heterocycles. The summed E-state index contributed by atoms with van der Waals surface area (Å²) in [7, 11) is 0. The summed E-state index contributed by atoms with van der Waals surface area (Å²) >= 11 is 0. The fraction of sp³-hybridized carbons (Fsp3) is 0.0435. The minimum absolute atomic E-state index is 1.12. The van der Waals surface area contributed by atoms with E-state index in [1.54, 1.807) is 0 Å². The van der Waals surface area contributed by atoms with Crippen LogP contribution in [0.25, 0.3) is 27.6 Å². The zero-order valence-corrected chi connectivity index (χ0v) is 12.9. The Labute approximate surface area is 136 Å². The standard InChI is InChI=1S/C14H10.C9H8/c1-3-7-13-11(5-1)9-10-12-6-2-4-8-14(12)13;1-2-5-9-7-3-6-8(9)4-1/h1-10H;1-6H,7H2. The summed E-state index contributed by atoms with van der Waals surface area (Å²) in [4.78, 5) is 0. The molecule has 0 bridgehead atoms. The van der Waals surface area contributed by atoms with Crippen LogP contribution in [-0.2, 0) is 6.42 Å². The molecule has 0 amide bonds. The van der Waals surface area contributed by atoms with Gasteiger partial charge in [-0.05, 0) is 39.1 Å². The predicted octanol–water partition coefficient (Wildman–Crippen LogP) is 6.25. The summed E-state index contributed by atoms with van der Waals surface area (Å²) in [5.74, 6) is 0. The maximum Gasteiger partial charge on any atom is -0.00882 e. The number of hydrogen-bond acceptors (Lipinski definition) is 0. The maximum atomic E-state index is 2.20. The number of benzene rings is 4. The van der Waals surface area contributed by atoms with Gasteiger partial charge in [0.25, 0.3) is 0 Å². The molecule has 0 unspecified atom stereocenters. The molecule has 0 fully saturated rings. The van der Waals surface area contributed by atoms with Gasteiger partial charge in [-0.3, -0.25) is 0 Å². The lowest BCUT2D eigenvalue weighted by molar-refractivity contribution is 1.31. The van der Waals surface area contributed by atoms with Gasteiger partial charge in [0.2, 0.25) is 0 Å². The highest BCUT2D eigenvalue weighted by Crippen LogP contribution is 2.24. The molecule has 1 aliphatic carbocycles. The summed E-state index contributed by atoms with van der Waals surface area (Å²) in [6, 6.07) is 29.9. The normalized spacial score (nSPS) is 12.0. The van der Waals surface area contributed by atoms with Crippen molar-refractivity contribution in [2.45, 2.75) is 6.42 Å². The largest absolute Gasteiger partial charge is 0.0795 e. The van der Waals surface area contributed by atoms with Crippen molar-refractivity contribution in [1.29, 1.82) is 0 Å². The first kappa shape index (κ1) is 13.8. The van der Waals surface area contributed by atoms with Crippen LogP contribution in [0, 0.1) is 0 Å². The highest BCUT2D eigenvalue weighted by Gasteiger charge is 2.00. The molecule has 4 aromatic rings. The van der Waals surface area contributed by atoms with Crippen LogP contribution in [0.4, 0.5) is 0 Å². The van der Waals surface area contributed by atoms with Gasteiger partial charge in [-0.15, -0.1) is 0 Å². The average molecular weight is 294 g/mol. The molecule has 5 rings (SSSR count). The molecule has 0 heteroatoms. The van der Waals surface area contributed by atoms with E-state index in [0.29, 0.717) is 0 Å². The van der Waals surface area contributed by atoms with Crippen molar-refractivity contribution in [3.8, 4) is 0 Å². The Morgan fingerprint density at radius 2 is 1.09 bits per heavy atom. The molecule has 110 valence electrons. The highest BCUT2D eigenvalue weighted by molar-refractivity contribution is 6.07. The van der Waals surface area contributed by atoms with E-state index in [4.69, 9.17) is 0 Å². The van der Waals surface area contributed by atoms with Gasteiger partial charge in [-0.25, -0.2) is 0 Å². The number of fused-ring (bicyclic) bond motifs is 4. The summed E-state index contributed by atoms with van der Waals surface area (Å²) in [6.07, 6.45) is 5.50. The average Bonchev–Trinajstić information content (AvgIpc) is 3.11. The van der Waals surface area contributed by atoms with Gasteiger partial charge in [0.15, 0.2) is 0 Å². The van der Waals surface area contributed by atoms with Crippen LogP contribution in [-0.4, -0.2) is 0 Å². The van der Waals surface area contributed by atoms with Crippen LogP contribution in [0.15, 0.2) is 91.0 Å². The Morgan fingerprint density at radius 1 is 0.522 bits per heavy atom. The van der Waals surface area contributed by atoms with Crippen molar-refractivity contribution >= 4 is 27.6 Å². The lowest BCUT2D eigenvalue weighted by Gasteiger charge is -2.02. The van der Waals surface area contributed by atoms with Gasteiger partial charge < -0.3 is 0 Å². The van der Waals surface area contributed by atoms with E-state index >= 15 is 0 Å². The lowest BCUT2D eigenvalue weighted by Crippen LogP contribution is -1.76. The van der Waals surface area contributed by atoms with Crippen LogP contribution in [0.2, 0.25) is 0 Å². The molecule has 0 aliphatic heterocycles. The number of rotatable bonds is 0. The molecule has 0 radical (unpaired) electrons. The third-order valence-corrected chi connectivity index (χ3v) is 4.34. The van der Waals surface area contributed by atoms with Gasteiger partial charge in [-0.2, -0.15) is 0 Å². The van der Waals surface area contributed by atoms with Crippen molar-refractivity contribution in [2.75, 3.05) is 0 Å². The van der Waals surface area contributed by atoms with E-state index in [1.807, 2.05) is 0 Å². The Kier molecular flexibility index (Phi) is 3.65. The second kappa shape index (κ2) is 6.10. The molecule has 0 atom stereocenters. The lowest BCUT2D eigenvalue weighted by atomic mass is 10.0. The quantitative estimate of drug-likeness (QED) is 0.336. The van der Waals surface area contributed by atoms with Crippen molar-refractivity contribution < 1.29 is 0 Å². The third kappa shape index (κ3) is 2.76. The van der Waals surface area contributed by atoms with Crippen molar-refractivity contribution in [3.05, 3.63) is 102 Å². The van der Waals surface area contributed by atoms with E-state index in [9.17, 15) is 0 Å². The summed E-state index contributed by atoms with van der Waals surface area (Å²) in [6.45, 7) is 0. The monoisotopic (exact) mass is 294 g/mol. The third-order valence-electron chi connectivity index (χ3n) is 4.34. The van der Waals surface area contributed by atoms with Gasteiger partial charge in [0.1, 0.15) is 0 Å². The first-order valence-corrected chi connectivity index (χ1v) is 8.03. The zero-order valence-electron chi connectivity index (χ0n) is 12.9. The topological polar surface area (TPSA) is 0 Å².